The van der Waals surface area contributed by atoms with Gasteiger partial charge in [-0.15, -0.1) is 0 Å². The van der Waals surface area contributed by atoms with Crippen molar-refractivity contribution in [2.24, 2.45) is 0 Å². The summed E-state index contributed by atoms with van der Waals surface area (Å²) in [5.41, 5.74) is 2.29. The number of nitrogens with zero attached hydrogens (tertiary/aromatic N) is 1. The lowest BCUT2D eigenvalue weighted by atomic mass is 10.1. The van der Waals surface area contributed by atoms with Crippen LogP contribution in [0.1, 0.15) is 25.5 Å². The molecule has 2 aromatic rings. The Hall–Kier alpha value is -1.77. The van der Waals surface area contributed by atoms with E-state index in [1.54, 1.807) is 0 Å². The van der Waals surface area contributed by atoms with Gasteiger partial charge < -0.3 is 9.30 Å². The van der Waals surface area contributed by atoms with Crippen LogP contribution in [-0.4, -0.2) is 17.1 Å². The third-order valence-electron chi connectivity index (χ3n) is 3.03. The smallest absolute Gasteiger partial charge is 0.328 e. The second-order valence-corrected chi connectivity index (χ2v) is 4.16. The van der Waals surface area contributed by atoms with Crippen molar-refractivity contribution < 1.29 is 9.53 Å². The first kappa shape index (κ1) is 11.7. The van der Waals surface area contributed by atoms with Crippen molar-refractivity contribution in [3.05, 3.63) is 36.0 Å². The molecule has 3 heteroatoms. The van der Waals surface area contributed by atoms with E-state index >= 15 is 0 Å². The summed E-state index contributed by atoms with van der Waals surface area (Å²) in [5, 5.41) is 1.18. The second-order valence-electron chi connectivity index (χ2n) is 4.16. The number of aromatic nitrogens is 1. The van der Waals surface area contributed by atoms with E-state index in [-0.39, 0.29) is 12.0 Å². The van der Waals surface area contributed by atoms with Gasteiger partial charge in [0.2, 0.25) is 0 Å². The van der Waals surface area contributed by atoms with Crippen LogP contribution in [0.25, 0.3) is 10.9 Å². The monoisotopic (exact) mass is 231 g/mol. The molecular weight excluding hydrogens is 214 g/mol. The van der Waals surface area contributed by atoms with Gasteiger partial charge in [-0.25, -0.2) is 4.79 Å². The molecule has 0 amide bonds. The SMILES string of the molecule is CCOC(=O)C(C)n1ccc2c(C)cccc21. The molecule has 3 nitrogen and oxygen atoms in total. The first-order valence-corrected chi connectivity index (χ1v) is 5.88. The summed E-state index contributed by atoms with van der Waals surface area (Å²) < 4.78 is 7.01. The van der Waals surface area contributed by atoms with Crippen LogP contribution in [-0.2, 0) is 9.53 Å². The van der Waals surface area contributed by atoms with Gasteiger partial charge in [0.05, 0.1) is 6.61 Å². The number of esters is 1. The third-order valence-corrected chi connectivity index (χ3v) is 3.03. The van der Waals surface area contributed by atoms with Crippen molar-refractivity contribution >= 4 is 16.9 Å². The fourth-order valence-electron chi connectivity index (χ4n) is 2.06. The van der Waals surface area contributed by atoms with E-state index in [0.717, 1.165) is 5.52 Å². The molecule has 0 aliphatic rings. The van der Waals surface area contributed by atoms with Gasteiger partial charge in [0, 0.05) is 17.1 Å². The lowest BCUT2D eigenvalue weighted by Gasteiger charge is -2.13. The number of carbonyl (C=O) groups excluding carboxylic acids is 1. The standard InChI is InChI=1S/C14H17NO2/c1-4-17-14(16)11(3)15-9-8-12-10(2)6-5-7-13(12)15/h5-9,11H,4H2,1-3H3. The lowest BCUT2D eigenvalue weighted by Crippen LogP contribution is -2.18. The van der Waals surface area contributed by atoms with Crippen LogP contribution in [0.15, 0.2) is 30.5 Å². The van der Waals surface area contributed by atoms with Crippen LogP contribution in [0.5, 0.6) is 0 Å². The molecule has 0 spiro atoms. The molecular formula is C14H17NO2. The minimum absolute atomic E-state index is 0.188. The van der Waals surface area contributed by atoms with Crippen LogP contribution >= 0.6 is 0 Å². The molecule has 0 saturated heterocycles. The summed E-state index contributed by atoms with van der Waals surface area (Å²) >= 11 is 0. The molecule has 0 aliphatic carbocycles. The lowest BCUT2D eigenvalue weighted by molar-refractivity contribution is -0.146. The number of hydrogen-bond acceptors (Lipinski definition) is 2. The molecule has 17 heavy (non-hydrogen) atoms. The number of carbonyl (C=O) groups is 1. The van der Waals surface area contributed by atoms with Gasteiger partial charge in [-0.1, -0.05) is 12.1 Å². The number of ether oxygens (including phenoxy) is 1. The van der Waals surface area contributed by atoms with E-state index < -0.39 is 0 Å². The average Bonchev–Trinajstić information content (AvgIpc) is 2.73. The van der Waals surface area contributed by atoms with Gasteiger partial charge in [-0.2, -0.15) is 0 Å². The summed E-state index contributed by atoms with van der Waals surface area (Å²) in [5.74, 6) is -0.188. The molecule has 0 radical (unpaired) electrons. The Kier molecular flexibility index (Phi) is 3.18. The Labute approximate surface area is 101 Å². The van der Waals surface area contributed by atoms with Crippen LogP contribution in [0.3, 0.4) is 0 Å². The molecule has 1 heterocycles. The molecule has 0 aliphatic heterocycles. The highest BCUT2D eigenvalue weighted by atomic mass is 16.5. The van der Waals surface area contributed by atoms with E-state index in [0.29, 0.717) is 6.61 Å². The van der Waals surface area contributed by atoms with Crippen LogP contribution in [0, 0.1) is 6.92 Å². The molecule has 2 rings (SSSR count). The number of hydrogen-bond donors (Lipinski definition) is 0. The van der Waals surface area contributed by atoms with Gasteiger partial charge in [-0.3, -0.25) is 0 Å². The summed E-state index contributed by atoms with van der Waals surface area (Å²) in [6, 6.07) is 7.86. The fourth-order valence-corrected chi connectivity index (χ4v) is 2.06. The Morgan fingerprint density at radius 1 is 1.41 bits per heavy atom. The second kappa shape index (κ2) is 4.62. The largest absolute Gasteiger partial charge is 0.464 e. The topological polar surface area (TPSA) is 31.2 Å². The van der Waals surface area contributed by atoms with Crippen molar-refractivity contribution in [2.45, 2.75) is 26.8 Å². The highest BCUT2D eigenvalue weighted by molar-refractivity contribution is 5.85. The fraction of sp³-hybridized carbons (Fsp3) is 0.357. The van der Waals surface area contributed by atoms with E-state index in [1.165, 1.54) is 10.9 Å². The highest BCUT2D eigenvalue weighted by Crippen LogP contribution is 2.23. The van der Waals surface area contributed by atoms with Crippen molar-refractivity contribution in [1.29, 1.82) is 0 Å². The molecule has 1 atom stereocenters. The minimum Gasteiger partial charge on any atom is -0.464 e. The molecule has 0 saturated carbocycles. The molecule has 1 aromatic carbocycles. The zero-order chi connectivity index (χ0) is 12.4. The first-order valence-electron chi connectivity index (χ1n) is 5.88. The van der Waals surface area contributed by atoms with Crippen LogP contribution < -0.4 is 0 Å². The van der Waals surface area contributed by atoms with E-state index in [4.69, 9.17) is 4.74 Å². The summed E-state index contributed by atoms with van der Waals surface area (Å²) in [7, 11) is 0. The van der Waals surface area contributed by atoms with Gasteiger partial charge >= 0.3 is 5.97 Å². The van der Waals surface area contributed by atoms with Crippen LogP contribution in [0.2, 0.25) is 0 Å². The maximum atomic E-state index is 11.7. The summed E-state index contributed by atoms with van der Waals surface area (Å²) in [6.45, 7) is 6.17. The Bertz CT molecular complexity index is 542. The maximum Gasteiger partial charge on any atom is 0.328 e. The van der Waals surface area contributed by atoms with Crippen molar-refractivity contribution in [2.75, 3.05) is 6.61 Å². The molecule has 0 bridgehead atoms. The quantitative estimate of drug-likeness (QED) is 0.760. The van der Waals surface area contributed by atoms with Crippen molar-refractivity contribution in [3.63, 3.8) is 0 Å². The average molecular weight is 231 g/mol. The first-order chi connectivity index (χ1) is 8.15. The molecule has 1 aromatic heterocycles. The zero-order valence-electron chi connectivity index (χ0n) is 10.4. The normalized spacial score (nSPS) is 12.6. The van der Waals surface area contributed by atoms with Gasteiger partial charge in [0.25, 0.3) is 0 Å². The van der Waals surface area contributed by atoms with E-state index in [2.05, 4.69) is 13.0 Å². The van der Waals surface area contributed by atoms with Gasteiger partial charge in [0.1, 0.15) is 6.04 Å². The van der Waals surface area contributed by atoms with E-state index in [9.17, 15) is 4.79 Å². The summed E-state index contributed by atoms with van der Waals surface area (Å²) in [6.07, 6.45) is 1.94. The zero-order valence-corrected chi connectivity index (χ0v) is 10.4. The summed E-state index contributed by atoms with van der Waals surface area (Å²) in [4.78, 5) is 11.7. The molecule has 0 fully saturated rings. The molecule has 1 unspecified atom stereocenters. The molecule has 0 N–H and O–H groups in total. The van der Waals surface area contributed by atoms with Gasteiger partial charge in [-0.05, 0) is 38.5 Å². The Morgan fingerprint density at radius 2 is 2.18 bits per heavy atom. The minimum atomic E-state index is -0.283. The number of fused-ring (bicyclic) bond motifs is 1. The van der Waals surface area contributed by atoms with Crippen molar-refractivity contribution in [3.8, 4) is 0 Å². The number of aryl methyl sites for hydroxylation is 1. The number of benzene rings is 1. The molecule has 90 valence electrons. The Balaban J connectivity index is 2.42. The van der Waals surface area contributed by atoms with Crippen molar-refractivity contribution in [1.82, 2.24) is 4.57 Å². The highest BCUT2D eigenvalue weighted by Gasteiger charge is 2.17. The maximum absolute atomic E-state index is 11.7. The predicted molar refractivity (Wildman–Crippen MR) is 68.0 cm³/mol. The number of rotatable bonds is 3. The Morgan fingerprint density at radius 3 is 2.88 bits per heavy atom. The predicted octanol–water partition coefficient (Wildman–Crippen LogP) is 3.07. The van der Waals surface area contributed by atoms with Crippen LogP contribution in [0.4, 0.5) is 0 Å². The third kappa shape index (κ3) is 2.05. The van der Waals surface area contributed by atoms with Gasteiger partial charge in [0.15, 0.2) is 0 Å². The van der Waals surface area contributed by atoms with E-state index in [1.807, 2.05) is 42.8 Å².